The van der Waals surface area contributed by atoms with Crippen LogP contribution in [0, 0.1) is 0 Å². The van der Waals surface area contributed by atoms with E-state index in [2.05, 4.69) is 12.6 Å². The van der Waals surface area contributed by atoms with Gasteiger partial charge in [0.2, 0.25) is 0 Å². The number of para-hydroxylation sites is 1. The molecule has 0 bridgehead atoms. The lowest BCUT2D eigenvalue weighted by atomic mass is 10.1. The first kappa shape index (κ1) is 13.3. The van der Waals surface area contributed by atoms with Crippen LogP contribution in [-0.2, 0) is 0 Å². The van der Waals surface area contributed by atoms with Crippen molar-refractivity contribution in [3.63, 3.8) is 0 Å². The minimum Gasteiger partial charge on any atom is -0.456 e. The quantitative estimate of drug-likeness (QED) is 0.659. The van der Waals surface area contributed by atoms with Gasteiger partial charge in [0.05, 0.1) is 0 Å². The van der Waals surface area contributed by atoms with Crippen LogP contribution >= 0.6 is 0 Å². The van der Waals surface area contributed by atoms with Gasteiger partial charge in [0.1, 0.15) is 11.3 Å². The molecule has 0 aliphatic carbocycles. The van der Waals surface area contributed by atoms with E-state index in [1.54, 1.807) is 0 Å². The molecule has 17 heavy (non-hydrogen) atoms. The second-order valence-corrected chi connectivity index (χ2v) is 3.52. The molecule has 1 aromatic heterocycles. The normalized spacial score (nSPS) is 10.9. The topological polar surface area (TPSA) is 13.1 Å². The molecule has 0 spiro atoms. The number of hydrogen-bond donors (Lipinski definition) is 0. The summed E-state index contributed by atoms with van der Waals surface area (Å²) < 4.78 is 5.80. The van der Waals surface area contributed by atoms with Crippen molar-refractivity contribution in [1.29, 1.82) is 0 Å². The van der Waals surface area contributed by atoms with Gasteiger partial charge in [0, 0.05) is 10.9 Å². The largest absolute Gasteiger partial charge is 0.456 e. The highest BCUT2D eigenvalue weighted by Gasteiger charge is 2.11. The fourth-order valence-electron chi connectivity index (χ4n) is 1.69. The second-order valence-electron chi connectivity index (χ2n) is 3.52. The Bertz CT molecular complexity index is 529. The highest BCUT2D eigenvalue weighted by Crippen LogP contribution is 2.31. The molecule has 2 rings (SSSR count). The molecule has 1 heterocycles. The summed E-state index contributed by atoms with van der Waals surface area (Å²) >= 11 is 0. The van der Waals surface area contributed by atoms with Crippen LogP contribution in [-0.4, -0.2) is 0 Å². The molecule has 0 atom stereocenters. The van der Waals surface area contributed by atoms with Crippen molar-refractivity contribution in [2.45, 2.75) is 27.7 Å². The molecular formula is C16H20O. The first-order chi connectivity index (χ1) is 8.27. The zero-order valence-electron chi connectivity index (χ0n) is 11.1. The Kier molecular flexibility index (Phi) is 4.77. The zero-order valence-corrected chi connectivity index (χ0v) is 11.1. The number of allylic oxidation sites excluding steroid dienone is 2. The maximum Gasteiger partial charge on any atom is 0.137 e. The number of fused-ring (bicyclic) bond motifs is 1. The lowest BCUT2D eigenvalue weighted by Gasteiger charge is -1.96. The molecule has 0 fully saturated rings. The summed E-state index contributed by atoms with van der Waals surface area (Å²) in [6.07, 6.45) is 3.90. The Morgan fingerprint density at radius 3 is 2.47 bits per heavy atom. The van der Waals surface area contributed by atoms with Crippen molar-refractivity contribution in [3.05, 3.63) is 48.2 Å². The average molecular weight is 228 g/mol. The van der Waals surface area contributed by atoms with E-state index in [0.29, 0.717) is 0 Å². The molecule has 0 aliphatic heterocycles. The van der Waals surface area contributed by atoms with Gasteiger partial charge in [-0.1, -0.05) is 50.8 Å². The van der Waals surface area contributed by atoms with Crippen molar-refractivity contribution >= 4 is 22.6 Å². The van der Waals surface area contributed by atoms with Gasteiger partial charge < -0.3 is 4.42 Å². The van der Waals surface area contributed by atoms with Crippen molar-refractivity contribution in [2.24, 2.45) is 0 Å². The lowest BCUT2D eigenvalue weighted by Crippen LogP contribution is -1.78. The predicted molar refractivity (Wildman–Crippen MR) is 77.0 cm³/mol. The molecule has 0 amide bonds. The Hall–Kier alpha value is -1.76. The van der Waals surface area contributed by atoms with Gasteiger partial charge in [-0.15, -0.1) is 0 Å². The Morgan fingerprint density at radius 1 is 1.24 bits per heavy atom. The third-order valence-electron chi connectivity index (χ3n) is 2.63. The summed E-state index contributed by atoms with van der Waals surface area (Å²) in [6.45, 7) is 11.9. The summed E-state index contributed by atoms with van der Waals surface area (Å²) in [7, 11) is 0. The maximum absolute atomic E-state index is 5.80. The molecular weight excluding hydrogens is 208 g/mol. The predicted octanol–water partition coefficient (Wildman–Crippen LogP) is 5.53. The highest BCUT2D eigenvalue weighted by atomic mass is 16.3. The average Bonchev–Trinajstić information content (AvgIpc) is 2.78. The first-order valence-corrected chi connectivity index (χ1v) is 6.05. The third-order valence-corrected chi connectivity index (χ3v) is 2.63. The van der Waals surface area contributed by atoms with Crippen LogP contribution in [0.2, 0.25) is 0 Å². The van der Waals surface area contributed by atoms with Crippen LogP contribution in [0.15, 0.2) is 41.3 Å². The molecule has 0 N–H and O–H groups in total. The maximum atomic E-state index is 5.80. The zero-order chi connectivity index (χ0) is 12.8. The standard InChI is InChI=1S/C14H14O.C2H6/c1-4-10(3)14-11(5-2)12-8-6-7-9-13(12)15-14;1-2/h4-9H,2H2,1,3H3;1-2H3/b10-4-;. The van der Waals surface area contributed by atoms with E-state index in [0.717, 1.165) is 27.9 Å². The lowest BCUT2D eigenvalue weighted by molar-refractivity contribution is 0.598. The van der Waals surface area contributed by atoms with Gasteiger partial charge in [-0.25, -0.2) is 0 Å². The summed E-state index contributed by atoms with van der Waals surface area (Å²) in [6, 6.07) is 8.03. The van der Waals surface area contributed by atoms with Gasteiger partial charge in [-0.2, -0.15) is 0 Å². The molecule has 0 saturated carbocycles. The van der Waals surface area contributed by atoms with Crippen LogP contribution < -0.4 is 0 Å². The number of rotatable bonds is 2. The van der Waals surface area contributed by atoms with Gasteiger partial charge in [0.25, 0.3) is 0 Å². The van der Waals surface area contributed by atoms with E-state index < -0.39 is 0 Å². The highest BCUT2D eigenvalue weighted by molar-refractivity contribution is 5.92. The molecule has 1 nitrogen and oxygen atoms in total. The van der Waals surface area contributed by atoms with Crippen LogP contribution in [0.4, 0.5) is 0 Å². The van der Waals surface area contributed by atoms with E-state index in [4.69, 9.17) is 4.42 Å². The molecule has 0 unspecified atom stereocenters. The Morgan fingerprint density at radius 2 is 1.88 bits per heavy atom. The Labute approximate surface area is 103 Å². The molecule has 90 valence electrons. The van der Waals surface area contributed by atoms with Crippen molar-refractivity contribution < 1.29 is 4.42 Å². The van der Waals surface area contributed by atoms with Gasteiger partial charge >= 0.3 is 0 Å². The summed E-state index contributed by atoms with van der Waals surface area (Å²) in [4.78, 5) is 0. The smallest absolute Gasteiger partial charge is 0.137 e. The van der Waals surface area contributed by atoms with E-state index >= 15 is 0 Å². The molecule has 0 saturated heterocycles. The van der Waals surface area contributed by atoms with Gasteiger partial charge in [-0.05, 0) is 25.5 Å². The fourth-order valence-corrected chi connectivity index (χ4v) is 1.69. The minimum absolute atomic E-state index is 0.920. The van der Waals surface area contributed by atoms with Crippen LogP contribution in [0.25, 0.3) is 22.6 Å². The minimum atomic E-state index is 0.920. The summed E-state index contributed by atoms with van der Waals surface area (Å²) in [5.74, 6) is 0.925. The van der Waals surface area contributed by atoms with Crippen LogP contribution in [0.1, 0.15) is 39.0 Å². The van der Waals surface area contributed by atoms with Gasteiger partial charge in [0.15, 0.2) is 0 Å². The molecule has 0 radical (unpaired) electrons. The fraction of sp³-hybridized carbons (Fsp3) is 0.250. The Balaban J connectivity index is 0.000000686. The van der Waals surface area contributed by atoms with E-state index in [1.807, 2.05) is 58.0 Å². The van der Waals surface area contributed by atoms with E-state index in [9.17, 15) is 0 Å². The number of benzene rings is 1. The first-order valence-electron chi connectivity index (χ1n) is 6.05. The molecule has 1 aromatic carbocycles. The van der Waals surface area contributed by atoms with Crippen molar-refractivity contribution in [3.8, 4) is 0 Å². The molecule has 1 heteroatoms. The van der Waals surface area contributed by atoms with Crippen molar-refractivity contribution in [1.82, 2.24) is 0 Å². The molecule has 2 aromatic rings. The number of furan rings is 1. The monoisotopic (exact) mass is 228 g/mol. The van der Waals surface area contributed by atoms with Crippen LogP contribution in [0.3, 0.4) is 0 Å². The van der Waals surface area contributed by atoms with E-state index in [-0.39, 0.29) is 0 Å². The van der Waals surface area contributed by atoms with Crippen LogP contribution in [0.5, 0.6) is 0 Å². The second kappa shape index (κ2) is 6.09. The SMILES string of the molecule is C=Cc1c(/C(C)=C\C)oc2ccccc12.CC. The van der Waals surface area contributed by atoms with Crippen molar-refractivity contribution in [2.75, 3.05) is 0 Å². The van der Waals surface area contributed by atoms with E-state index in [1.165, 1.54) is 0 Å². The molecule has 0 aliphatic rings. The summed E-state index contributed by atoms with van der Waals surface area (Å²) in [5.41, 5.74) is 3.14. The third kappa shape index (κ3) is 2.50. The van der Waals surface area contributed by atoms with Gasteiger partial charge in [-0.3, -0.25) is 0 Å². The number of hydrogen-bond acceptors (Lipinski definition) is 1. The summed E-state index contributed by atoms with van der Waals surface area (Å²) in [5, 5.41) is 1.13.